The maximum Gasteiger partial charge on any atom is 0.188 e. The lowest BCUT2D eigenvalue weighted by molar-refractivity contribution is 0.107. The van der Waals surface area contributed by atoms with E-state index < -0.39 is 0 Å². The van der Waals surface area contributed by atoms with Crippen LogP contribution in [-0.4, -0.2) is 12.5 Å². The number of halogens is 1. The molecule has 0 bridgehead atoms. The molecule has 0 fully saturated rings. The highest BCUT2D eigenvalue weighted by Crippen LogP contribution is 2.10. The second-order valence-electron chi connectivity index (χ2n) is 6.61. The van der Waals surface area contributed by atoms with Gasteiger partial charge in [0.25, 0.3) is 0 Å². The van der Waals surface area contributed by atoms with Gasteiger partial charge in [0, 0.05) is 6.54 Å². The Hall–Kier alpha value is -1.60. The summed E-state index contributed by atoms with van der Waals surface area (Å²) in [6.45, 7) is 7.04. The van der Waals surface area contributed by atoms with E-state index in [9.17, 15) is 0 Å². The highest BCUT2D eigenvalue weighted by atomic mass is 127. The molecular formula is C21H30IN3O. The molecule has 0 aliphatic rings. The molecule has 0 unspecified atom stereocenters. The first kappa shape index (κ1) is 22.4. The van der Waals surface area contributed by atoms with Crippen molar-refractivity contribution in [2.75, 3.05) is 6.54 Å². The van der Waals surface area contributed by atoms with Gasteiger partial charge in [0.1, 0.15) is 0 Å². The van der Waals surface area contributed by atoms with Gasteiger partial charge in [0.2, 0.25) is 0 Å². The molecule has 0 aliphatic carbocycles. The quantitative estimate of drug-likeness (QED) is 0.325. The van der Waals surface area contributed by atoms with Gasteiger partial charge in [-0.3, -0.25) is 0 Å². The highest BCUT2D eigenvalue weighted by Gasteiger charge is 1.99. The normalized spacial score (nSPS) is 11.3. The van der Waals surface area contributed by atoms with Crippen LogP contribution in [0.15, 0.2) is 59.6 Å². The zero-order valence-corrected chi connectivity index (χ0v) is 18.0. The Bertz CT molecular complexity index is 659. The fraction of sp³-hybridized carbons (Fsp3) is 0.381. The van der Waals surface area contributed by atoms with Crippen LogP contribution in [0.4, 0.5) is 0 Å². The van der Waals surface area contributed by atoms with Crippen molar-refractivity contribution in [1.29, 1.82) is 0 Å². The van der Waals surface area contributed by atoms with Crippen LogP contribution in [0, 0.1) is 5.92 Å². The van der Waals surface area contributed by atoms with E-state index in [1.807, 2.05) is 24.3 Å². The third-order valence-electron chi connectivity index (χ3n) is 3.83. The number of guanidine groups is 1. The predicted molar refractivity (Wildman–Crippen MR) is 120 cm³/mol. The van der Waals surface area contributed by atoms with Gasteiger partial charge in [-0.1, -0.05) is 68.4 Å². The molecule has 0 spiro atoms. The molecule has 0 saturated carbocycles. The molecule has 0 saturated heterocycles. The highest BCUT2D eigenvalue weighted by molar-refractivity contribution is 14.0. The van der Waals surface area contributed by atoms with Gasteiger partial charge in [-0.2, -0.15) is 0 Å². The van der Waals surface area contributed by atoms with Crippen LogP contribution < -0.4 is 11.1 Å². The van der Waals surface area contributed by atoms with Crippen molar-refractivity contribution in [2.45, 2.75) is 40.0 Å². The van der Waals surface area contributed by atoms with E-state index in [2.05, 4.69) is 54.5 Å². The lowest BCUT2D eigenvalue weighted by Gasteiger charge is -2.08. The standard InChI is InChI=1S/C21H29N3O.HI/c1-17(2)11-12-23-21(22)24-14-19-9-6-10-20(13-19)16-25-15-18-7-4-3-5-8-18;/h3-10,13,17H,11-12,14-16H2,1-2H3,(H3,22,23,24);1H. The summed E-state index contributed by atoms with van der Waals surface area (Å²) in [6.07, 6.45) is 1.09. The molecule has 0 amide bonds. The number of hydrogen-bond acceptors (Lipinski definition) is 2. The Morgan fingerprint density at radius 1 is 1.00 bits per heavy atom. The molecule has 0 radical (unpaired) electrons. The number of benzene rings is 2. The van der Waals surface area contributed by atoms with E-state index in [1.54, 1.807) is 0 Å². The van der Waals surface area contributed by atoms with Crippen molar-refractivity contribution < 1.29 is 4.74 Å². The summed E-state index contributed by atoms with van der Waals surface area (Å²) in [4.78, 5) is 4.40. The van der Waals surface area contributed by atoms with Crippen LogP contribution >= 0.6 is 24.0 Å². The van der Waals surface area contributed by atoms with Crippen LogP contribution in [0.25, 0.3) is 0 Å². The number of nitrogens with two attached hydrogens (primary N) is 1. The Balaban J connectivity index is 0.00000338. The lowest BCUT2D eigenvalue weighted by Crippen LogP contribution is -2.32. The average Bonchev–Trinajstić information content (AvgIpc) is 2.61. The number of rotatable bonds is 9. The van der Waals surface area contributed by atoms with Crippen LogP contribution in [0.5, 0.6) is 0 Å². The van der Waals surface area contributed by atoms with Crippen molar-refractivity contribution >= 4 is 29.9 Å². The summed E-state index contributed by atoms with van der Waals surface area (Å²) in [7, 11) is 0. The van der Waals surface area contributed by atoms with Crippen molar-refractivity contribution in [2.24, 2.45) is 16.6 Å². The Kier molecular flexibility index (Phi) is 11.0. The summed E-state index contributed by atoms with van der Waals surface area (Å²) >= 11 is 0. The van der Waals surface area contributed by atoms with Crippen LogP contribution in [-0.2, 0) is 24.5 Å². The lowest BCUT2D eigenvalue weighted by atomic mass is 10.1. The van der Waals surface area contributed by atoms with E-state index in [0.29, 0.717) is 31.6 Å². The fourth-order valence-electron chi connectivity index (χ4n) is 2.40. The van der Waals surface area contributed by atoms with E-state index >= 15 is 0 Å². The molecule has 5 heteroatoms. The Morgan fingerprint density at radius 2 is 1.65 bits per heavy atom. The summed E-state index contributed by atoms with van der Waals surface area (Å²) in [5.41, 5.74) is 9.37. The summed E-state index contributed by atoms with van der Waals surface area (Å²) < 4.78 is 5.79. The minimum atomic E-state index is 0. The molecule has 142 valence electrons. The second kappa shape index (κ2) is 12.7. The first-order valence-electron chi connectivity index (χ1n) is 8.87. The zero-order valence-electron chi connectivity index (χ0n) is 15.7. The van der Waals surface area contributed by atoms with E-state index in [0.717, 1.165) is 24.1 Å². The number of aliphatic imine (C=N–C) groups is 1. The largest absolute Gasteiger partial charge is 0.372 e. The fourth-order valence-corrected chi connectivity index (χ4v) is 2.40. The molecule has 4 nitrogen and oxygen atoms in total. The minimum absolute atomic E-state index is 0. The van der Waals surface area contributed by atoms with Crippen molar-refractivity contribution in [1.82, 2.24) is 5.32 Å². The number of hydrogen-bond donors (Lipinski definition) is 2. The van der Waals surface area contributed by atoms with Crippen LogP contribution in [0.3, 0.4) is 0 Å². The first-order chi connectivity index (χ1) is 12.1. The molecule has 0 heterocycles. The SMILES string of the molecule is CC(C)CCNC(N)=NCc1cccc(COCc2ccccc2)c1.I. The molecule has 0 aromatic heterocycles. The topological polar surface area (TPSA) is 59.6 Å². The Morgan fingerprint density at radius 3 is 2.38 bits per heavy atom. The molecule has 2 rings (SSSR count). The van der Waals surface area contributed by atoms with Gasteiger partial charge in [-0.25, -0.2) is 4.99 Å². The van der Waals surface area contributed by atoms with Crippen molar-refractivity contribution in [3.8, 4) is 0 Å². The second-order valence-corrected chi connectivity index (χ2v) is 6.61. The summed E-state index contributed by atoms with van der Waals surface area (Å²) in [5.74, 6) is 1.17. The zero-order chi connectivity index (χ0) is 17.9. The minimum Gasteiger partial charge on any atom is -0.372 e. The van der Waals surface area contributed by atoms with Gasteiger partial charge in [-0.05, 0) is 29.0 Å². The van der Waals surface area contributed by atoms with E-state index in [-0.39, 0.29) is 24.0 Å². The molecular weight excluding hydrogens is 437 g/mol. The molecule has 3 N–H and O–H groups in total. The van der Waals surface area contributed by atoms with Gasteiger partial charge >= 0.3 is 0 Å². The molecule has 2 aromatic rings. The third-order valence-corrected chi connectivity index (χ3v) is 3.83. The van der Waals surface area contributed by atoms with Gasteiger partial charge in [-0.15, -0.1) is 24.0 Å². The Labute approximate surface area is 174 Å². The molecule has 0 aliphatic heterocycles. The van der Waals surface area contributed by atoms with E-state index in [1.165, 1.54) is 5.56 Å². The van der Waals surface area contributed by atoms with Crippen molar-refractivity contribution in [3.05, 3.63) is 71.3 Å². The maximum absolute atomic E-state index is 5.90. The average molecular weight is 467 g/mol. The number of ether oxygens (including phenoxy) is 1. The molecule has 0 atom stereocenters. The number of nitrogens with one attached hydrogen (secondary N) is 1. The first-order valence-corrected chi connectivity index (χ1v) is 8.87. The van der Waals surface area contributed by atoms with E-state index in [4.69, 9.17) is 10.5 Å². The summed E-state index contributed by atoms with van der Waals surface area (Å²) in [5, 5.41) is 3.15. The monoisotopic (exact) mass is 467 g/mol. The van der Waals surface area contributed by atoms with Gasteiger partial charge in [0.05, 0.1) is 19.8 Å². The third kappa shape index (κ3) is 9.20. The van der Waals surface area contributed by atoms with Gasteiger partial charge < -0.3 is 15.8 Å². The predicted octanol–water partition coefficient (Wildman–Crippen LogP) is 4.47. The number of nitrogens with zero attached hydrogens (tertiary/aromatic N) is 1. The summed E-state index contributed by atoms with van der Waals surface area (Å²) in [6, 6.07) is 18.5. The molecule has 26 heavy (non-hydrogen) atoms. The smallest absolute Gasteiger partial charge is 0.188 e. The van der Waals surface area contributed by atoms with Gasteiger partial charge in [0.15, 0.2) is 5.96 Å². The van der Waals surface area contributed by atoms with Crippen LogP contribution in [0.2, 0.25) is 0 Å². The maximum atomic E-state index is 5.90. The van der Waals surface area contributed by atoms with Crippen molar-refractivity contribution in [3.63, 3.8) is 0 Å². The molecule has 2 aromatic carbocycles. The van der Waals surface area contributed by atoms with Crippen LogP contribution in [0.1, 0.15) is 37.0 Å².